The van der Waals surface area contributed by atoms with E-state index in [2.05, 4.69) is 34.4 Å². The van der Waals surface area contributed by atoms with Gasteiger partial charge in [-0.05, 0) is 35.9 Å². The van der Waals surface area contributed by atoms with Crippen molar-refractivity contribution in [3.05, 3.63) is 83.7 Å². The number of hydrogen-bond acceptors (Lipinski definition) is 17. The van der Waals surface area contributed by atoms with E-state index < -0.39 is 72.4 Å². The number of carboxylic acid groups (broad SMARTS) is 1. The number of rotatable bonds is 16. The lowest BCUT2D eigenvalue weighted by atomic mass is 9.89. The van der Waals surface area contributed by atoms with Gasteiger partial charge in [0, 0.05) is 67.1 Å². The SMILES string of the molecule is CN(C)c1ccc2c(-c3ccc(C(=O)NCCNC(=O)O[C@@H]4[C@H](O)[C@@H](COP(=O)(O)OP(=O)(O)NP(=O)(O)O)O[C@H]4n4cnc5c(N)ncnc54)cc3C(=O)O)c3ccc(=[N+](C)C)cc-3oc2c1. The van der Waals surface area contributed by atoms with Crippen molar-refractivity contribution in [2.45, 2.75) is 24.5 Å². The number of carbonyl (C=O) groups is 3. The lowest BCUT2D eigenvalue weighted by Crippen LogP contribution is -2.41. The molecule has 2 aromatic carbocycles. The predicted octanol–water partition coefficient (Wildman–Crippen LogP) is 1.42. The fraction of sp³-hybridized carbons (Fsp3) is 0.289. The average Bonchev–Trinajstić information content (AvgIpc) is 3.82. The number of aromatic nitrogens is 4. The third kappa shape index (κ3) is 11.1. The van der Waals surface area contributed by atoms with Crippen LogP contribution < -0.4 is 36.1 Å². The largest absolute Gasteiger partial charge is 0.480 e. The van der Waals surface area contributed by atoms with Crippen LogP contribution >= 0.6 is 23.3 Å². The topological polar surface area (TPSA) is 386 Å². The standard InChI is InChI=1S/C38H43N10O17P3/c1-46(2)20-6-9-23-26(14-20)62-27-15-21(47(3)4)7-10-24(27)29(23)22-8-5-19(13-25(22)37(51)52)35(50)40-11-12-41-38(53)64-32-31(49)28(16-61-68(59,60)65-67(57,58)45-66(54,55)56)63-36(32)48-18-44-30-33(39)42-17-43-34(30)48/h5-10,13-15,17-18,28,31-32,36,49H,11-12,16H2,1-4H3,(H9-,39,40,41,42,43,45,50,51,52,53,54,55,56,57,58,59,60)/p+1/t28-,31-,32-,36-/m1/s1. The van der Waals surface area contributed by atoms with Crippen LogP contribution in [0.15, 0.2) is 71.7 Å². The predicted molar refractivity (Wildman–Crippen MR) is 239 cm³/mol. The van der Waals surface area contributed by atoms with Gasteiger partial charge in [0.25, 0.3) is 5.91 Å². The number of aromatic carboxylic acids is 1. The first-order valence-electron chi connectivity index (χ1n) is 19.8. The summed E-state index contributed by atoms with van der Waals surface area (Å²) < 4.78 is 64.9. The molecule has 11 N–H and O–H groups in total. The Morgan fingerprint density at radius 2 is 1.66 bits per heavy atom. The molecule has 4 aromatic rings. The number of aliphatic hydroxyl groups excluding tert-OH is 1. The van der Waals surface area contributed by atoms with E-state index in [9.17, 15) is 48.1 Å². The van der Waals surface area contributed by atoms with Crippen LogP contribution in [0.25, 0.3) is 44.6 Å². The van der Waals surface area contributed by atoms with Crippen LogP contribution in [0.3, 0.4) is 0 Å². The van der Waals surface area contributed by atoms with Crippen molar-refractivity contribution in [3.63, 3.8) is 0 Å². The van der Waals surface area contributed by atoms with Crippen molar-refractivity contribution in [1.29, 1.82) is 0 Å². The van der Waals surface area contributed by atoms with E-state index >= 15 is 0 Å². The first kappa shape index (κ1) is 49.7. The number of aliphatic hydroxyl groups is 1. The maximum atomic E-state index is 13.4. The normalized spacial score (nSPS) is 19.1. The zero-order chi connectivity index (χ0) is 49.5. The fourth-order valence-electron chi connectivity index (χ4n) is 7.18. The Morgan fingerprint density at radius 3 is 2.35 bits per heavy atom. The van der Waals surface area contributed by atoms with Crippen molar-refractivity contribution in [3.8, 4) is 22.5 Å². The van der Waals surface area contributed by atoms with Gasteiger partial charge in [0.05, 0.1) is 24.6 Å². The quantitative estimate of drug-likeness (QED) is 0.0284. The number of carboxylic acids is 1. The number of fused-ring (bicyclic) bond motifs is 3. The minimum absolute atomic E-state index is 0.00948. The molecule has 2 amide bonds. The number of carbonyl (C=O) groups excluding carboxylic acids is 2. The van der Waals surface area contributed by atoms with Crippen LogP contribution in [-0.2, 0) is 32.0 Å². The number of imidazole rings is 1. The Hall–Kier alpha value is -6.18. The number of nitrogens with two attached hydrogens (primary N) is 1. The Labute approximate surface area is 383 Å². The summed E-state index contributed by atoms with van der Waals surface area (Å²) in [5.41, 5.74) is 8.73. The lowest BCUT2D eigenvalue weighted by Gasteiger charge is -2.22. The van der Waals surface area contributed by atoms with Gasteiger partial charge in [-0.2, -0.15) is 4.31 Å². The van der Waals surface area contributed by atoms with Crippen molar-refractivity contribution in [1.82, 2.24) is 39.6 Å². The summed E-state index contributed by atoms with van der Waals surface area (Å²) in [5.74, 6) is -1.53. The van der Waals surface area contributed by atoms with Gasteiger partial charge in [-0.25, -0.2) is 42.8 Å². The monoisotopic (exact) mass is 1010 g/mol. The summed E-state index contributed by atoms with van der Waals surface area (Å²) in [5, 5.41) is 28.2. The molecule has 68 heavy (non-hydrogen) atoms. The van der Waals surface area contributed by atoms with E-state index in [0.717, 1.165) is 28.6 Å². The third-order valence-corrected chi connectivity index (χ3v) is 14.5. The van der Waals surface area contributed by atoms with Crippen molar-refractivity contribution >= 4 is 74.9 Å². The molecule has 0 spiro atoms. The summed E-state index contributed by atoms with van der Waals surface area (Å²) in [6.07, 6.45) is -5.64. The van der Waals surface area contributed by atoms with Crippen molar-refractivity contribution < 1.29 is 80.6 Å². The van der Waals surface area contributed by atoms with E-state index in [-0.39, 0.29) is 41.2 Å². The molecule has 1 saturated heterocycles. The smallest absolute Gasteiger partial charge is 0.478 e. The van der Waals surface area contributed by atoms with Gasteiger partial charge in [-0.15, -0.1) is 4.86 Å². The van der Waals surface area contributed by atoms with Crippen LogP contribution in [0.1, 0.15) is 26.9 Å². The van der Waals surface area contributed by atoms with E-state index in [1.165, 1.54) is 22.8 Å². The molecule has 3 aliphatic rings. The van der Waals surface area contributed by atoms with Gasteiger partial charge in [-0.3, -0.25) is 13.9 Å². The second kappa shape index (κ2) is 19.4. The molecule has 2 aromatic heterocycles. The molecule has 0 saturated carbocycles. The highest BCUT2D eigenvalue weighted by Crippen LogP contribution is 2.61. The highest BCUT2D eigenvalue weighted by molar-refractivity contribution is 7.70. The van der Waals surface area contributed by atoms with Gasteiger partial charge < -0.3 is 64.9 Å². The molecule has 2 unspecified atom stereocenters. The number of phosphoric ester groups is 1. The maximum absolute atomic E-state index is 13.4. The molecule has 362 valence electrons. The van der Waals surface area contributed by atoms with Gasteiger partial charge in [0.2, 0.25) is 5.36 Å². The molecule has 6 atom stereocenters. The minimum atomic E-state index is -5.63. The molecule has 2 aliphatic heterocycles. The van der Waals surface area contributed by atoms with Crippen LogP contribution in [0.2, 0.25) is 0 Å². The van der Waals surface area contributed by atoms with Crippen LogP contribution in [0, 0.1) is 0 Å². The molecule has 27 nitrogen and oxygen atoms in total. The number of anilines is 2. The highest BCUT2D eigenvalue weighted by Gasteiger charge is 2.49. The van der Waals surface area contributed by atoms with Gasteiger partial charge in [-0.1, -0.05) is 6.07 Å². The molecule has 1 fully saturated rings. The summed E-state index contributed by atoms with van der Waals surface area (Å²) in [7, 11) is -9.15. The summed E-state index contributed by atoms with van der Waals surface area (Å²) in [6, 6.07) is 15.4. The number of hydrogen-bond donors (Lipinski definition) is 10. The molecular weight excluding hydrogens is 961 g/mol. The molecule has 1 aliphatic carbocycles. The molecular formula is C38H44N10O17P3+. The van der Waals surface area contributed by atoms with Crippen LogP contribution in [0.4, 0.5) is 16.3 Å². The highest BCUT2D eigenvalue weighted by atomic mass is 31.3. The number of ether oxygens (including phenoxy) is 2. The second-order valence-electron chi connectivity index (χ2n) is 15.4. The van der Waals surface area contributed by atoms with E-state index in [1.54, 1.807) is 0 Å². The number of nitrogens with one attached hydrogen (secondary N) is 3. The minimum Gasteiger partial charge on any atom is -0.478 e. The first-order valence-corrected chi connectivity index (χ1v) is 24.5. The van der Waals surface area contributed by atoms with E-state index in [4.69, 9.17) is 29.4 Å². The Bertz CT molecular complexity index is 3140. The molecule has 0 bridgehead atoms. The Kier molecular flexibility index (Phi) is 14.2. The number of alkyl carbamates (subject to hydrolysis) is 1. The molecule has 30 heteroatoms. The summed E-state index contributed by atoms with van der Waals surface area (Å²) >= 11 is 0. The number of phosphoric acid groups is 1. The van der Waals surface area contributed by atoms with Crippen LogP contribution in [-0.4, -0.2) is 133 Å². The molecule has 4 heterocycles. The number of nitrogens with zero attached hydrogens (tertiary/aromatic N) is 6. The Balaban J connectivity index is 1.05. The zero-order valence-corrected chi connectivity index (χ0v) is 38.7. The average molecular weight is 1010 g/mol. The fourth-order valence-corrected chi connectivity index (χ4v) is 10.6. The number of benzene rings is 3. The summed E-state index contributed by atoms with van der Waals surface area (Å²) in [6.45, 7) is -1.57. The lowest BCUT2D eigenvalue weighted by molar-refractivity contribution is -0.0521. The zero-order valence-electron chi connectivity index (χ0n) is 36.1. The number of nitrogen functional groups attached to an aromatic ring is 1. The maximum Gasteiger partial charge on any atom is 0.480 e. The van der Waals surface area contributed by atoms with Gasteiger partial charge in [0.1, 0.15) is 49.5 Å². The van der Waals surface area contributed by atoms with Crippen molar-refractivity contribution in [2.24, 2.45) is 0 Å². The molecule has 7 rings (SSSR count). The van der Waals surface area contributed by atoms with Crippen molar-refractivity contribution in [2.75, 3.05) is 58.5 Å². The van der Waals surface area contributed by atoms with Gasteiger partial charge >= 0.3 is 35.4 Å². The van der Waals surface area contributed by atoms with E-state index in [1.807, 2.05) is 74.1 Å². The number of amides is 2. The molecule has 0 radical (unpaired) electrons. The van der Waals surface area contributed by atoms with Gasteiger partial charge in [0.15, 0.2) is 23.8 Å². The first-order chi connectivity index (χ1) is 31.9. The Morgan fingerprint density at radius 1 is 0.941 bits per heavy atom. The second-order valence-corrected chi connectivity index (χ2v) is 20.2. The third-order valence-electron chi connectivity index (χ3n) is 10.3. The summed E-state index contributed by atoms with van der Waals surface area (Å²) in [4.78, 5) is 91.6. The van der Waals surface area contributed by atoms with E-state index in [0.29, 0.717) is 33.4 Å². The van der Waals surface area contributed by atoms with Crippen LogP contribution in [0.5, 0.6) is 0 Å².